The second-order valence-electron chi connectivity index (χ2n) is 6.08. The van der Waals surface area contributed by atoms with E-state index in [9.17, 15) is 0 Å². The predicted molar refractivity (Wildman–Crippen MR) is 80.4 cm³/mol. The first-order chi connectivity index (χ1) is 8.92. The van der Waals surface area contributed by atoms with Crippen LogP contribution >= 0.6 is 7.92 Å². The Morgan fingerprint density at radius 1 is 0.833 bits per heavy atom. The van der Waals surface area contributed by atoms with Crippen LogP contribution in [0, 0.1) is 11.3 Å². The first kappa shape index (κ1) is 14.3. The molecule has 2 aliphatic carbocycles. The fourth-order valence-electron chi connectivity index (χ4n) is 3.83. The summed E-state index contributed by atoms with van der Waals surface area (Å²) in [7, 11) is 0.240. The Bertz CT molecular complexity index is 241. The highest BCUT2D eigenvalue weighted by atomic mass is 31.1. The number of nitriles is 1. The minimum absolute atomic E-state index is 0.240. The summed E-state index contributed by atoms with van der Waals surface area (Å²) in [6.45, 7) is 0. The van der Waals surface area contributed by atoms with Gasteiger partial charge in [-0.25, -0.2) is 0 Å². The van der Waals surface area contributed by atoms with Crippen LogP contribution in [0.2, 0.25) is 0 Å². The van der Waals surface area contributed by atoms with Gasteiger partial charge in [-0.3, -0.25) is 0 Å². The molecule has 2 saturated carbocycles. The summed E-state index contributed by atoms with van der Waals surface area (Å²) in [6, 6.07) is 2.34. The van der Waals surface area contributed by atoms with E-state index >= 15 is 0 Å². The molecule has 0 radical (unpaired) electrons. The summed E-state index contributed by atoms with van der Waals surface area (Å²) >= 11 is 0. The van der Waals surface area contributed by atoms with Crippen molar-refractivity contribution >= 4 is 7.92 Å². The maximum atomic E-state index is 8.76. The lowest BCUT2D eigenvalue weighted by Gasteiger charge is -2.38. The number of hydrogen-bond acceptors (Lipinski definition) is 1. The highest BCUT2D eigenvalue weighted by molar-refractivity contribution is 7.59. The molecule has 0 atom stereocenters. The normalized spacial score (nSPS) is 23.1. The van der Waals surface area contributed by atoms with Crippen molar-refractivity contribution in [3.63, 3.8) is 0 Å². The Hall–Kier alpha value is -0.0800. The Labute approximate surface area is 114 Å². The Kier molecular flexibility index (Phi) is 6.50. The summed E-state index contributed by atoms with van der Waals surface area (Å²) in [4.78, 5) is 0. The molecule has 0 saturated heterocycles. The van der Waals surface area contributed by atoms with Crippen molar-refractivity contribution < 1.29 is 0 Å². The quantitative estimate of drug-likeness (QED) is 0.480. The van der Waals surface area contributed by atoms with Gasteiger partial charge in [0.2, 0.25) is 0 Å². The molecule has 102 valence electrons. The lowest BCUT2D eigenvalue weighted by molar-refractivity contribution is 0.484. The highest BCUT2D eigenvalue weighted by Gasteiger charge is 2.30. The lowest BCUT2D eigenvalue weighted by atomic mass is 9.99. The second-order valence-corrected chi connectivity index (χ2v) is 9.02. The molecule has 0 amide bonds. The monoisotopic (exact) mass is 265 g/mol. The van der Waals surface area contributed by atoms with Gasteiger partial charge in [0.25, 0.3) is 0 Å². The summed E-state index contributed by atoms with van der Waals surface area (Å²) in [5, 5.41) is 8.76. The van der Waals surface area contributed by atoms with E-state index in [-0.39, 0.29) is 7.92 Å². The third kappa shape index (κ3) is 4.24. The Morgan fingerprint density at radius 2 is 1.33 bits per heavy atom. The van der Waals surface area contributed by atoms with Crippen LogP contribution in [0.3, 0.4) is 0 Å². The smallest absolute Gasteiger partial charge is 0.0621 e. The van der Waals surface area contributed by atoms with Crippen LogP contribution in [0.5, 0.6) is 0 Å². The van der Waals surface area contributed by atoms with Gasteiger partial charge in [0, 0.05) is 6.42 Å². The van der Waals surface area contributed by atoms with Crippen molar-refractivity contribution in [2.75, 3.05) is 6.16 Å². The zero-order valence-electron chi connectivity index (χ0n) is 11.7. The van der Waals surface area contributed by atoms with E-state index in [4.69, 9.17) is 5.26 Å². The topological polar surface area (TPSA) is 23.8 Å². The molecule has 0 aliphatic heterocycles. The van der Waals surface area contributed by atoms with Crippen molar-refractivity contribution in [1.29, 1.82) is 5.26 Å². The largest absolute Gasteiger partial charge is 0.198 e. The molecule has 0 aromatic rings. The van der Waals surface area contributed by atoms with Crippen molar-refractivity contribution in [3.05, 3.63) is 0 Å². The fourth-order valence-corrected chi connectivity index (χ4v) is 7.74. The van der Waals surface area contributed by atoms with E-state index in [1.54, 1.807) is 0 Å². The van der Waals surface area contributed by atoms with E-state index in [2.05, 4.69) is 6.07 Å². The summed E-state index contributed by atoms with van der Waals surface area (Å²) in [5.74, 6) is 0. The van der Waals surface area contributed by atoms with E-state index in [1.807, 2.05) is 0 Å². The van der Waals surface area contributed by atoms with Crippen LogP contribution in [0.1, 0.15) is 77.0 Å². The van der Waals surface area contributed by atoms with Crippen LogP contribution in [0.15, 0.2) is 0 Å². The van der Waals surface area contributed by atoms with E-state index < -0.39 is 0 Å². The number of rotatable bonds is 5. The molecule has 2 heteroatoms. The first-order valence-corrected chi connectivity index (χ1v) is 9.71. The molecule has 0 spiro atoms. The zero-order chi connectivity index (χ0) is 12.6. The first-order valence-electron chi connectivity index (χ1n) is 8.04. The Balaban J connectivity index is 1.89. The number of unbranched alkanes of at least 4 members (excludes halogenated alkanes) is 1. The molecule has 0 aromatic carbocycles. The van der Waals surface area contributed by atoms with E-state index in [1.165, 1.54) is 76.8 Å². The molecule has 0 bridgehead atoms. The van der Waals surface area contributed by atoms with Gasteiger partial charge in [0.15, 0.2) is 0 Å². The molecule has 18 heavy (non-hydrogen) atoms. The summed E-state index contributed by atoms with van der Waals surface area (Å²) < 4.78 is 0. The average molecular weight is 265 g/mol. The molecule has 0 N–H and O–H groups in total. The SMILES string of the molecule is N#CCCCP(C1CCCCC1)C1CCCCC1. The van der Waals surface area contributed by atoms with Gasteiger partial charge in [0.1, 0.15) is 0 Å². The van der Waals surface area contributed by atoms with Crippen LogP contribution in [-0.4, -0.2) is 17.5 Å². The second kappa shape index (κ2) is 8.16. The maximum Gasteiger partial charge on any atom is 0.0621 e. The van der Waals surface area contributed by atoms with Gasteiger partial charge in [-0.15, -0.1) is 7.92 Å². The Morgan fingerprint density at radius 3 is 1.78 bits per heavy atom. The van der Waals surface area contributed by atoms with Crippen molar-refractivity contribution in [2.45, 2.75) is 88.4 Å². The van der Waals surface area contributed by atoms with Crippen molar-refractivity contribution in [3.8, 4) is 6.07 Å². The lowest BCUT2D eigenvalue weighted by Crippen LogP contribution is -2.22. The molecule has 2 fully saturated rings. The average Bonchev–Trinajstić information content (AvgIpc) is 2.46. The van der Waals surface area contributed by atoms with Crippen LogP contribution < -0.4 is 0 Å². The van der Waals surface area contributed by atoms with Gasteiger partial charge >= 0.3 is 0 Å². The van der Waals surface area contributed by atoms with E-state index in [0.717, 1.165) is 17.7 Å². The summed E-state index contributed by atoms with van der Waals surface area (Å²) in [6.07, 6.45) is 18.3. The van der Waals surface area contributed by atoms with Gasteiger partial charge in [-0.2, -0.15) is 5.26 Å². The van der Waals surface area contributed by atoms with Gasteiger partial charge in [-0.1, -0.05) is 38.5 Å². The predicted octanol–water partition coefficient (Wildman–Crippen LogP) is 5.44. The van der Waals surface area contributed by atoms with Crippen LogP contribution in [0.4, 0.5) is 0 Å². The standard InChI is InChI=1S/C16H28NP/c17-13-7-8-14-18(15-9-3-1-4-10-15)16-11-5-2-6-12-16/h15-16H,1-12,14H2. The van der Waals surface area contributed by atoms with E-state index in [0.29, 0.717) is 0 Å². The summed E-state index contributed by atoms with van der Waals surface area (Å²) in [5.41, 5.74) is 2.13. The number of hydrogen-bond donors (Lipinski definition) is 0. The van der Waals surface area contributed by atoms with Crippen LogP contribution in [0.25, 0.3) is 0 Å². The molecule has 0 aromatic heterocycles. The zero-order valence-corrected chi connectivity index (χ0v) is 12.6. The molecule has 0 heterocycles. The molecule has 0 unspecified atom stereocenters. The molecular weight excluding hydrogens is 237 g/mol. The van der Waals surface area contributed by atoms with Gasteiger partial charge < -0.3 is 0 Å². The molecule has 2 rings (SSSR count). The maximum absolute atomic E-state index is 8.76. The van der Waals surface area contributed by atoms with Gasteiger partial charge in [-0.05, 0) is 49.6 Å². The molecular formula is C16H28NP. The molecule has 1 nitrogen and oxygen atoms in total. The minimum Gasteiger partial charge on any atom is -0.198 e. The van der Waals surface area contributed by atoms with Crippen molar-refractivity contribution in [2.24, 2.45) is 0 Å². The highest BCUT2D eigenvalue weighted by Crippen LogP contribution is 2.56. The number of nitrogens with zero attached hydrogens (tertiary/aromatic N) is 1. The third-order valence-corrected chi connectivity index (χ3v) is 8.53. The molecule has 2 aliphatic rings. The van der Waals surface area contributed by atoms with Crippen LogP contribution in [-0.2, 0) is 0 Å². The fraction of sp³-hybridized carbons (Fsp3) is 0.938. The van der Waals surface area contributed by atoms with Crippen molar-refractivity contribution in [1.82, 2.24) is 0 Å². The van der Waals surface area contributed by atoms with Gasteiger partial charge in [0.05, 0.1) is 6.07 Å². The minimum atomic E-state index is 0.240. The third-order valence-electron chi connectivity index (χ3n) is 4.79.